The Morgan fingerprint density at radius 3 is 1.79 bits per heavy atom. The topological polar surface area (TPSA) is 216 Å². The van der Waals surface area contributed by atoms with Crippen LogP contribution in [-0.4, -0.2) is 64.4 Å². The van der Waals surface area contributed by atoms with Crippen LogP contribution in [0.15, 0.2) is 4.99 Å². The first kappa shape index (κ1) is 35.6. The summed E-state index contributed by atoms with van der Waals surface area (Å²) >= 11 is 0. The highest BCUT2D eigenvalue weighted by molar-refractivity contribution is 5.97. The van der Waals surface area contributed by atoms with Gasteiger partial charge in [-0.05, 0) is 12.8 Å². The van der Waals surface area contributed by atoms with Crippen LogP contribution >= 0.6 is 0 Å². The van der Waals surface area contributed by atoms with Crippen LogP contribution in [0.4, 0.5) is 0 Å². The normalized spacial score (nSPS) is 26.6. The van der Waals surface area contributed by atoms with Crippen LogP contribution in [0.5, 0.6) is 0 Å². The molecule has 0 bridgehead atoms. The van der Waals surface area contributed by atoms with E-state index in [0.29, 0.717) is 6.42 Å². The average molecular weight is 553 g/mol. The Hall–Kier alpha value is -3.44. The number of carboxylic acid groups (broad SMARTS) is 1. The second-order valence-corrected chi connectivity index (χ2v) is 10.2. The van der Waals surface area contributed by atoms with Gasteiger partial charge in [0.2, 0.25) is 5.91 Å². The Balaban J connectivity index is 0.0000144. The maximum Gasteiger partial charge on any atom is 0.305 e. The monoisotopic (exact) mass is 552 g/mol. The highest BCUT2D eigenvalue weighted by Gasteiger charge is 2.31. The fourth-order valence-electron chi connectivity index (χ4n) is 4.29. The minimum absolute atomic E-state index is 0. The number of hydrogen-bond donors (Lipinski definition) is 4. The molecule has 220 valence electrons. The van der Waals surface area contributed by atoms with E-state index >= 15 is 0 Å². The molecule has 1 aliphatic heterocycles. The number of nitrogens with one attached hydrogen (secondary N) is 1. The van der Waals surface area contributed by atoms with Crippen LogP contribution in [-0.2, 0) is 33.6 Å². The quantitative estimate of drug-likeness (QED) is 0.211. The number of carboxylic acids is 1. The molecule has 1 heterocycles. The molecule has 1 saturated heterocycles. The van der Waals surface area contributed by atoms with Crippen molar-refractivity contribution < 1.29 is 38.7 Å². The third-order valence-electron chi connectivity index (χ3n) is 6.78. The van der Waals surface area contributed by atoms with Crippen molar-refractivity contribution in [1.29, 1.82) is 0 Å². The predicted octanol–water partition coefficient (Wildman–Crippen LogP) is 1.36. The van der Waals surface area contributed by atoms with E-state index in [2.05, 4.69) is 10.3 Å². The Bertz CT molecular complexity index is 957. The Morgan fingerprint density at radius 2 is 1.31 bits per heavy atom. The average Bonchev–Trinajstić information content (AvgIpc) is 2.82. The van der Waals surface area contributed by atoms with Gasteiger partial charge in [0.15, 0.2) is 11.7 Å². The fraction of sp³-hybridized carbons (Fsp3) is 0.704. The number of Topliss-reactive ketones (excluding diaryl/α,β-unsaturated/α-hetero) is 5. The molecule has 0 aliphatic carbocycles. The van der Waals surface area contributed by atoms with Crippen LogP contribution in [0, 0.1) is 23.7 Å². The van der Waals surface area contributed by atoms with E-state index in [1.165, 1.54) is 6.92 Å². The molecule has 0 saturated carbocycles. The summed E-state index contributed by atoms with van der Waals surface area (Å²) < 4.78 is 0. The second kappa shape index (κ2) is 17.2. The van der Waals surface area contributed by atoms with E-state index in [9.17, 15) is 38.7 Å². The Morgan fingerprint density at radius 1 is 0.821 bits per heavy atom. The fourth-order valence-corrected chi connectivity index (χ4v) is 4.29. The summed E-state index contributed by atoms with van der Waals surface area (Å²) in [4.78, 5) is 91.7. The zero-order chi connectivity index (χ0) is 29.0. The van der Waals surface area contributed by atoms with Gasteiger partial charge in [0.05, 0.1) is 12.5 Å². The van der Waals surface area contributed by atoms with E-state index in [1.54, 1.807) is 13.8 Å². The minimum Gasteiger partial charge on any atom is -0.481 e. The third kappa shape index (κ3) is 13.3. The molecule has 1 fully saturated rings. The Labute approximate surface area is 229 Å². The molecular weight excluding hydrogens is 508 g/mol. The molecule has 12 heteroatoms. The van der Waals surface area contributed by atoms with Crippen LogP contribution in [0.2, 0.25) is 0 Å². The number of aliphatic imine (C=N–C) groups is 1. The number of hydrogen-bond acceptors (Lipinski definition) is 8. The number of guanidine groups is 1. The van der Waals surface area contributed by atoms with Gasteiger partial charge in [-0.15, -0.1) is 0 Å². The first-order valence-corrected chi connectivity index (χ1v) is 12.9. The number of carbonyl (C=O) groups is 7. The lowest BCUT2D eigenvalue weighted by atomic mass is 9.83. The molecular formula is C27H44N4O8. The maximum absolute atomic E-state index is 13.0. The predicted molar refractivity (Wildman–Crippen MR) is 145 cm³/mol. The van der Waals surface area contributed by atoms with Crippen molar-refractivity contribution in [2.24, 2.45) is 40.1 Å². The standard InChI is InChI=1S/C26H40N4O8.CH4/c1-14-9-21(33)16(3)11-23(35)18(13-25(37)38)30-24(36)7-6-19(31)17(5-4-8-29-26(27)28)12-22(34)15(2)10-20(14)32;/h14-18H,4-13H2,1-3H3,(H,30,36)(H,37,38)(H4,27,28,29);1H4/t14?,15?,16?,17-,18+;/m1./s1. The minimum atomic E-state index is -1.36. The number of rotatable bonds is 6. The molecule has 39 heavy (non-hydrogen) atoms. The van der Waals surface area contributed by atoms with Crippen molar-refractivity contribution in [3.8, 4) is 0 Å². The molecule has 1 amide bonds. The van der Waals surface area contributed by atoms with Crippen LogP contribution in [0.25, 0.3) is 0 Å². The van der Waals surface area contributed by atoms with Gasteiger partial charge in [0.25, 0.3) is 0 Å². The largest absolute Gasteiger partial charge is 0.481 e. The van der Waals surface area contributed by atoms with Crippen LogP contribution in [0.1, 0.15) is 86.0 Å². The van der Waals surface area contributed by atoms with E-state index in [1.807, 2.05) is 0 Å². The number of ketones is 5. The molecule has 0 spiro atoms. The van der Waals surface area contributed by atoms with Crippen molar-refractivity contribution >= 4 is 46.8 Å². The van der Waals surface area contributed by atoms with Crippen LogP contribution in [0.3, 0.4) is 0 Å². The number of amides is 1. The molecule has 12 nitrogen and oxygen atoms in total. The van der Waals surface area contributed by atoms with Gasteiger partial charge in [-0.2, -0.15) is 0 Å². The van der Waals surface area contributed by atoms with Crippen molar-refractivity contribution in [2.45, 2.75) is 92.0 Å². The molecule has 6 N–H and O–H groups in total. The van der Waals surface area contributed by atoms with Gasteiger partial charge >= 0.3 is 5.97 Å². The highest BCUT2D eigenvalue weighted by Crippen LogP contribution is 2.23. The van der Waals surface area contributed by atoms with Crippen molar-refractivity contribution in [2.75, 3.05) is 6.54 Å². The lowest BCUT2D eigenvalue weighted by Gasteiger charge is -2.21. The lowest BCUT2D eigenvalue weighted by Crippen LogP contribution is -2.43. The summed E-state index contributed by atoms with van der Waals surface area (Å²) in [6, 6.07) is -1.36. The van der Waals surface area contributed by atoms with Crippen molar-refractivity contribution in [3.63, 3.8) is 0 Å². The lowest BCUT2D eigenvalue weighted by molar-refractivity contribution is -0.140. The molecule has 0 radical (unpaired) electrons. The smallest absolute Gasteiger partial charge is 0.305 e. The molecule has 1 rings (SSSR count). The zero-order valence-corrected chi connectivity index (χ0v) is 22.4. The molecule has 3 unspecified atom stereocenters. The van der Waals surface area contributed by atoms with E-state index in [4.69, 9.17) is 11.5 Å². The number of carbonyl (C=O) groups excluding carboxylic acids is 6. The maximum atomic E-state index is 13.0. The Kier molecular flexibility index (Phi) is 15.7. The molecule has 0 aromatic carbocycles. The van der Waals surface area contributed by atoms with E-state index in [-0.39, 0.29) is 88.0 Å². The van der Waals surface area contributed by atoms with Gasteiger partial charge in [0, 0.05) is 68.7 Å². The molecule has 5 atom stereocenters. The molecule has 0 aromatic rings. The summed E-state index contributed by atoms with van der Waals surface area (Å²) in [7, 11) is 0. The van der Waals surface area contributed by atoms with E-state index in [0.717, 1.165) is 0 Å². The van der Waals surface area contributed by atoms with Crippen molar-refractivity contribution in [1.82, 2.24) is 5.32 Å². The van der Waals surface area contributed by atoms with Crippen LogP contribution < -0.4 is 16.8 Å². The van der Waals surface area contributed by atoms with Gasteiger partial charge in [0.1, 0.15) is 23.1 Å². The molecule has 1 aliphatic rings. The van der Waals surface area contributed by atoms with E-state index < -0.39 is 53.8 Å². The SMILES string of the molecule is C.CC1CC(=O)C(C)CC(=O)[C@H](CC(=O)O)NC(=O)CCC(=O)[C@H](CCCN=C(N)N)CC(=O)C(C)CC1=O. The highest BCUT2D eigenvalue weighted by atomic mass is 16.4. The first-order chi connectivity index (χ1) is 17.7. The summed E-state index contributed by atoms with van der Waals surface area (Å²) in [6.07, 6.45) is -1.14. The number of nitrogens with two attached hydrogens (primary N) is 2. The summed E-state index contributed by atoms with van der Waals surface area (Å²) in [5, 5.41) is 11.6. The summed E-state index contributed by atoms with van der Waals surface area (Å²) in [6.45, 7) is 4.93. The summed E-state index contributed by atoms with van der Waals surface area (Å²) in [5.41, 5.74) is 10.6. The van der Waals surface area contributed by atoms with Gasteiger partial charge in [-0.1, -0.05) is 28.2 Å². The zero-order valence-electron chi connectivity index (χ0n) is 22.4. The number of aliphatic carboxylic acids is 1. The first-order valence-electron chi connectivity index (χ1n) is 12.9. The van der Waals surface area contributed by atoms with Crippen molar-refractivity contribution in [3.05, 3.63) is 0 Å². The molecule has 0 aromatic heterocycles. The van der Waals surface area contributed by atoms with Gasteiger partial charge < -0.3 is 21.9 Å². The second-order valence-electron chi connectivity index (χ2n) is 10.2. The number of nitrogens with zero attached hydrogens (tertiary/aromatic N) is 1. The summed E-state index contributed by atoms with van der Waals surface area (Å²) in [5.74, 6) is -6.80. The van der Waals surface area contributed by atoms with Gasteiger partial charge in [-0.3, -0.25) is 38.6 Å². The third-order valence-corrected chi connectivity index (χ3v) is 6.78. The van der Waals surface area contributed by atoms with Gasteiger partial charge in [-0.25, -0.2) is 0 Å².